The standard InChI is InChI=1S/C16H14N2O3S/c19-16(17-11-13-4-2-1-3-5-13)14-8-6-12(7-9-14)10-15-20-18-21-22-15/h1-10,18H,11H2,(H,17,19). The minimum Gasteiger partial charge on any atom is -0.373 e. The number of nitrogens with one attached hydrogen (secondary N) is 2. The van der Waals surface area contributed by atoms with Crippen LogP contribution in [-0.2, 0) is 15.7 Å². The van der Waals surface area contributed by atoms with E-state index in [1.807, 2.05) is 48.5 Å². The van der Waals surface area contributed by atoms with E-state index in [4.69, 9.17) is 9.12 Å². The molecule has 1 amide bonds. The molecule has 0 radical (unpaired) electrons. The highest BCUT2D eigenvalue weighted by molar-refractivity contribution is 7.98. The van der Waals surface area contributed by atoms with Crippen LogP contribution in [0.1, 0.15) is 21.5 Å². The van der Waals surface area contributed by atoms with Crippen LogP contribution >= 0.6 is 12.0 Å². The van der Waals surface area contributed by atoms with Gasteiger partial charge in [0.15, 0.2) is 0 Å². The number of rotatable bonds is 4. The lowest BCUT2D eigenvalue weighted by atomic mass is 10.1. The molecule has 0 saturated carbocycles. The van der Waals surface area contributed by atoms with E-state index >= 15 is 0 Å². The van der Waals surface area contributed by atoms with Gasteiger partial charge in [0.1, 0.15) is 0 Å². The first-order valence-electron chi connectivity index (χ1n) is 6.70. The number of carbonyl (C=O) groups excluding carboxylic acids is 1. The van der Waals surface area contributed by atoms with Gasteiger partial charge in [-0.3, -0.25) is 4.79 Å². The summed E-state index contributed by atoms with van der Waals surface area (Å²) in [7, 11) is 0. The Morgan fingerprint density at radius 1 is 1.14 bits per heavy atom. The van der Waals surface area contributed by atoms with Gasteiger partial charge in [0, 0.05) is 12.1 Å². The van der Waals surface area contributed by atoms with Crippen molar-refractivity contribution in [2.24, 2.45) is 0 Å². The molecule has 0 aliphatic carbocycles. The molecule has 3 rings (SSSR count). The SMILES string of the molecule is O=C(NCc1ccccc1)c1ccc(C=C2ONOS2)cc1. The van der Waals surface area contributed by atoms with Gasteiger partial charge in [0.2, 0.25) is 5.09 Å². The lowest BCUT2D eigenvalue weighted by molar-refractivity contribution is -0.0168. The van der Waals surface area contributed by atoms with Crippen LogP contribution in [0.5, 0.6) is 0 Å². The zero-order valence-electron chi connectivity index (χ0n) is 11.6. The van der Waals surface area contributed by atoms with Gasteiger partial charge in [-0.1, -0.05) is 42.5 Å². The van der Waals surface area contributed by atoms with Gasteiger partial charge in [-0.05, 0) is 35.0 Å². The van der Waals surface area contributed by atoms with Crippen molar-refractivity contribution in [2.75, 3.05) is 0 Å². The van der Waals surface area contributed by atoms with E-state index < -0.39 is 0 Å². The number of hydrogen-bond donors (Lipinski definition) is 2. The van der Waals surface area contributed by atoms with Crippen molar-refractivity contribution >= 4 is 24.0 Å². The van der Waals surface area contributed by atoms with E-state index in [1.165, 1.54) is 0 Å². The predicted octanol–water partition coefficient (Wildman–Crippen LogP) is 3.03. The maximum absolute atomic E-state index is 12.1. The Labute approximate surface area is 132 Å². The molecular weight excluding hydrogens is 300 g/mol. The minimum absolute atomic E-state index is 0.0976. The summed E-state index contributed by atoms with van der Waals surface area (Å²) in [5.41, 5.74) is 4.90. The first kappa shape index (κ1) is 14.6. The van der Waals surface area contributed by atoms with Crippen molar-refractivity contribution < 1.29 is 13.9 Å². The summed E-state index contributed by atoms with van der Waals surface area (Å²) in [5, 5.41) is 3.51. The second kappa shape index (κ2) is 7.13. The first-order valence-corrected chi connectivity index (χ1v) is 7.45. The molecule has 2 aromatic carbocycles. The van der Waals surface area contributed by atoms with Gasteiger partial charge in [-0.15, -0.1) is 0 Å². The molecule has 1 heterocycles. The quantitative estimate of drug-likeness (QED) is 0.850. The molecule has 0 aromatic heterocycles. The fourth-order valence-electron chi connectivity index (χ4n) is 1.93. The maximum Gasteiger partial charge on any atom is 0.251 e. The smallest absolute Gasteiger partial charge is 0.251 e. The van der Waals surface area contributed by atoms with Crippen molar-refractivity contribution in [2.45, 2.75) is 6.54 Å². The fraction of sp³-hybridized carbons (Fsp3) is 0.0625. The Kier molecular flexibility index (Phi) is 4.75. The van der Waals surface area contributed by atoms with Crippen molar-refractivity contribution in [3.8, 4) is 0 Å². The topological polar surface area (TPSA) is 59.6 Å². The molecule has 0 atom stereocenters. The zero-order chi connectivity index (χ0) is 15.2. The molecule has 0 unspecified atom stereocenters. The normalized spacial score (nSPS) is 15.5. The predicted molar refractivity (Wildman–Crippen MR) is 84.9 cm³/mol. The van der Waals surface area contributed by atoms with Gasteiger partial charge >= 0.3 is 0 Å². The van der Waals surface area contributed by atoms with Crippen molar-refractivity contribution in [3.63, 3.8) is 0 Å². The highest BCUT2D eigenvalue weighted by Gasteiger charge is 2.10. The third-order valence-corrected chi connectivity index (χ3v) is 3.57. The fourth-order valence-corrected chi connectivity index (χ4v) is 2.34. The van der Waals surface area contributed by atoms with E-state index in [-0.39, 0.29) is 5.91 Å². The summed E-state index contributed by atoms with van der Waals surface area (Å²) in [5.74, 6) is -0.0976. The average molecular weight is 314 g/mol. The summed E-state index contributed by atoms with van der Waals surface area (Å²) >= 11 is 1.10. The van der Waals surface area contributed by atoms with Crippen LogP contribution in [0.2, 0.25) is 0 Å². The monoisotopic (exact) mass is 314 g/mol. The number of carbonyl (C=O) groups is 1. The molecular formula is C16H14N2O3S. The second-order valence-corrected chi connectivity index (χ2v) is 5.34. The Morgan fingerprint density at radius 3 is 2.59 bits per heavy atom. The van der Waals surface area contributed by atoms with Crippen LogP contribution in [0, 0.1) is 0 Å². The molecule has 2 N–H and O–H groups in total. The van der Waals surface area contributed by atoms with E-state index in [2.05, 4.69) is 11.0 Å². The summed E-state index contributed by atoms with van der Waals surface area (Å²) in [6, 6.07) is 17.1. The second-order valence-electron chi connectivity index (χ2n) is 4.61. The van der Waals surface area contributed by atoms with Crippen molar-refractivity contribution in [1.82, 2.24) is 11.0 Å². The molecule has 1 aliphatic heterocycles. The Balaban J connectivity index is 1.60. The minimum atomic E-state index is -0.0976. The summed E-state index contributed by atoms with van der Waals surface area (Å²) < 4.78 is 4.78. The Morgan fingerprint density at radius 2 is 1.91 bits per heavy atom. The Bertz CT molecular complexity index is 664. The number of hydrogen-bond acceptors (Lipinski definition) is 5. The molecule has 6 heteroatoms. The summed E-state index contributed by atoms with van der Waals surface area (Å²) in [4.78, 5) is 17.1. The number of amides is 1. The summed E-state index contributed by atoms with van der Waals surface area (Å²) in [6.07, 6.45) is 1.82. The zero-order valence-corrected chi connectivity index (χ0v) is 12.4. The van der Waals surface area contributed by atoms with Crippen LogP contribution in [0.15, 0.2) is 59.7 Å². The van der Waals surface area contributed by atoms with Gasteiger partial charge in [-0.2, -0.15) is 4.28 Å². The van der Waals surface area contributed by atoms with Crippen LogP contribution in [-0.4, -0.2) is 5.91 Å². The molecule has 5 nitrogen and oxygen atoms in total. The van der Waals surface area contributed by atoms with Gasteiger partial charge in [0.25, 0.3) is 5.91 Å². The van der Waals surface area contributed by atoms with Crippen molar-refractivity contribution in [3.05, 3.63) is 76.4 Å². The van der Waals surface area contributed by atoms with Crippen LogP contribution in [0.4, 0.5) is 0 Å². The molecule has 22 heavy (non-hydrogen) atoms. The highest BCUT2D eigenvalue weighted by atomic mass is 32.2. The molecule has 2 aromatic rings. The molecule has 112 valence electrons. The highest BCUT2D eigenvalue weighted by Crippen LogP contribution is 2.24. The Hall–Kier alpha value is -2.28. The number of benzene rings is 2. The van der Waals surface area contributed by atoms with Crippen molar-refractivity contribution in [1.29, 1.82) is 0 Å². The molecule has 0 bridgehead atoms. The average Bonchev–Trinajstić information content (AvgIpc) is 3.07. The largest absolute Gasteiger partial charge is 0.373 e. The third-order valence-electron chi connectivity index (χ3n) is 3.05. The molecule has 0 spiro atoms. The van der Waals surface area contributed by atoms with Crippen LogP contribution in [0.3, 0.4) is 0 Å². The molecule has 1 aliphatic rings. The lowest BCUT2D eigenvalue weighted by Crippen LogP contribution is -2.22. The summed E-state index contributed by atoms with van der Waals surface area (Å²) in [6.45, 7) is 0.513. The van der Waals surface area contributed by atoms with Gasteiger partial charge < -0.3 is 10.2 Å². The molecule has 1 fully saturated rings. The van der Waals surface area contributed by atoms with E-state index in [0.717, 1.165) is 23.2 Å². The molecule has 1 saturated heterocycles. The maximum atomic E-state index is 12.1. The lowest BCUT2D eigenvalue weighted by Gasteiger charge is -2.05. The van der Waals surface area contributed by atoms with Gasteiger partial charge in [-0.25, -0.2) is 0 Å². The van der Waals surface area contributed by atoms with Crippen LogP contribution in [0.25, 0.3) is 6.08 Å². The van der Waals surface area contributed by atoms with E-state index in [0.29, 0.717) is 17.2 Å². The van der Waals surface area contributed by atoms with Gasteiger partial charge in [0.05, 0.1) is 12.0 Å². The van der Waals surface area contributed by atoms with E-state index in [1.54, 1.807) is 12.1 Å². The first-order chi connectivity index (χ1) is 10.8. The van der Waals surface area contributed by atoms with Crippen LogP contribution < -0.4 is 11.0 Å². The third kappa shape index (κ3) is 3.88. The van der Waals surface area contributed by atoms with E-state index in [9.17, 15) is 4.79 Å².